The molecule has 0 aliphatic heterocycles. The average molecular weight is 325 g/mol. The summed E-state index contributed by atoms with van der Waals surface area (Å²) < 4.78 is 5.23. The summed E-state index contributed by atoms with van der Waals surface area (Å²) in [5.74, 6) is -0.698. The van der Waals surface area contributed by atoms with Crippen molar-refractivity contribution in [3.63, 3.8) is 0 Å². The molecule has 0 radical (unpaired) electrons. The van der Waals surface area contributed by atoms with E-state index in [1.807, 2.05) is 62.4 Å². The lowest BCUT2D eigenvalue weighted by molar-refractivity contribution is -0.154. The third kappa shape index (κ3) is 5.23. The van der Waals surface area contributed by atoms with Crippen molar-refractivity contribution in [1.82, 2.24) is 5.32 Å². The Labute approximate surface area is 142 Å². The van der Waals surface area contributed by atoms with Gasteiger partial charge in [0.1, 0.15) is 0 Å². The molecule has 0 heterocycles. The highest BCUT2D eigenvalue weighted by Gasteiger charge is 2.18. The van der Waals surface area contributed by atoms with E-state index in [0.717, 1.165) is 16.7 Å². The van der Waals surface area contributed by atoms with E-state index < -0.39 is 12.1 Å². The minimum absolute atomic E-state index is 0.169. The van der Waals surface area contributed by atoms with Gasteiger partial charge >= 0.3 is 5.97 Å². The SMILES string of the molecule is Cc1ccc(CNC(=O)[C@@H](C)OC(=O)Cc2ccccc2C)cc1. The lowest BCUT2D eigenvalue weighted by atomic mass is 10.1. The Hall–Kier alpha value is -2.62. The third-order valence-corrected chi connectivity index (χ3v) is 3.86. The van der Waals surface area contributed by atoms with E-state index in [-0.39, 0.29) is 12.3 Å². The van der Waals surface area contributed by atoms with Gasteiger partial charge in [0, 0.05) is 6.54 Å². The molecule has 1 amide bonds. The van der Waals surface area contributed by atoms with Gasteiger partial charge in [0.05, 0.1) is 6.42 Å². The van der Waals surface area contributed by atoms with Crippen LogP contribution in [0.5, 0.6) is 0 Å². The minimum Gasteiger partial charge on any atom is -0.452 e. The van der Waals surface area contributed by atoms with Gasteiger partial charge in [-0.15, -0.1) is 0 Å². The highest BCUT2D eigenvalue weighted by atomic mass is 16.5. The molecule has 126 valence electrons. The van der Waals surface area contributed by atoms with Crippen molar-refractivity contribution in [2.75, 3.05) is 0 Å². The molecule has 0 fully saturated rings. The van der Waals surface area contributed by atoms with Crippen LogP contribution in [0.15, 0.2) is 48.5 Å². The van der Waals surface area contributed by atoms with Crippen LogP contribution in [0.1, 0.15) is 29.2 Å². The molecule has 2 rings (SSSR count). The summed E-state index contributed by atoms with van der Waals surface area (Å²) >= 11 is 0. The smallest absolute Gasteiger partial charge is 0.311 e. The zero-order chi connectivity index (χ0) is 17.5. The summed E-state index contributed by atoms with van der Waals surface area (Å²) in [5.41, 5.74) is 4.12. The molecule has 0 saturated heterocycles. The number of amides is 1. The summed E-state index contributed by atoms with van der Waals surface area (Å²) in [6.07, 6.45) is -0.644. The molecule has 2 aromatic rings. The molecule has 0 aliphatic rings. The van der Waals surface area contributed by atoms with Crippen molar-refractivity contribution >= 4 is 11.9 Å². The lowest BCUT2D eigenvalue weighted by Crippen LogP contribution is -2.35. The number of rotatable bonds is 6. The predicted octanol–water partition coefficient (Wildman–Crippen LogP) is 3.09. The number of hydrogen-bond donors (Lipinski definition) is 1. The lowest BCUT2D eigenvalue weighted by Gasteiger charge is -2.14. The summed E-state index contributed by atoms with van der Waals surface area (Å²) in [6.45, 7) is 5.96. The Morgan fingerprint density at radius 2 is 1.71 bits per heavy atom. The van der Waals surface area contributed by atoms with Crippen molar-refractivity contribution < 1.29 is 14.3 Å². The molecule has 0 spiro atoms. The van der Waals surface area contributed by atoms with E-state index >= 15 is 0 Å². The molecule has 4 nitrogen and oxygen atoms in total. The summed E-state index contributed by atoms with van der Waals surface area (Å²) in [6, 6.07) is 15.5. The van der Waals surface area contributed by atoms with E-state index in [9.17, 15) is 9.59 Å². The Kier molecular flexibility index (Phi) is 6.13. The van der Waals surface area contributed by atoms with Crippen LogP contribution in [0.4, 0.5) is 0 Å². The second-order valence-corrected chi connectivity index (χ2v) is 5.94. The fraction of sp³-hybridized carbons (Fsp3) is 0.300. The van der Waals surface area contributed by atoms with E-state index in [1.165, 1.54) is 5.56 Å². The van der Waals surface area contributed by atoms with Crippen LogP contribution in [-0.4, -0.2) is 18.0 Å². The Balaban J connectivity index is 1.81. The van der Waals surface area contributed by atoms with Crippen LogP contribution in [0.3, 0.4) is 0 Å². The molecular formula is C20H23NO3. The van der Waals surface area contributed by atoms with Crippen LogP contribution >= 0.6 is 0 Å². The molecule has 0 saturated carbocycles. The van der Waals surface area contributed by atoms with Gasteiger partial charge in [-0.2, -0.15) is 0 Å². The summed E-state index contributed by atoms with van der Waals surface area (Å²) in [5, 5.41) is 2.78. The third-order valence-electron chi connectivity index (χ3n) is 3.86. The first-order chi connectivity index (χ1) is 11.5. The van der Waals surface area contributed by atoms with E-state index in [1.54, 1.807) is 6.92 Å². The zero-order valence-corrected chi connectivity index (χ0v) is 14.3. The van der Waals surface area contributed by atoms with Crippen LogP contribution in [-0.2, 0) is 27.3 Å². The van der Waals surface area contributed by atoms with Crippen molar-refractivity contribution in [2.24, 2.45) is 0 Å². The number of carbonyl (C=O) groups excluding carboxylic acids is 2. The number of aryl methyl sites for hydroxylation is 2. The largest absolute Gasteiger partial charge is 0.452 e. The molecule has 1 atom stereocenters. The highest BCUT2D eigenvalue weighted by molar-refractivity contribution is 5.83. The number of benzene rings is 2. The second kappa shape index (κ2) is 8.29. The van der Waals surface area contributed by atoms with Crippen LogP contribution in [0.2, 0.25) is 0 Å². The van der Waals surface area contributed by atoms with Crippen molar-refractivity contribution in [2.45, 2.75) is 39.8 Å². The molecule has 1 N–H and O–H groups in total. The van der Waals surface area contributed by atoms with Gasteiger partial charge < -0.3 is 10.1 Å². The molecule has 0 aromatic heterocycles. The Morgan fingerprint density at radius 1 is 1.04 bits per heavy atom. The molecule has 4 heteroatoms. The number of hydrogen-bond acceptors (Lipinski definition) is 3. The number of carbonyl (C=O) groups is 2. The standard InChI is InChI=1S/C20H23NO3/c1-14-8-10-17(11-9-14)13-21-20(23)16(3)24-19(22)12-18-7-5-4-6-15(18)2/h4-11,16H,12-13H2,1-3H3,(H,21,23)/t16-/m1/s1. The van der Waals surface area contributed by atoms with Gasteiger partial charge in [-0.1, -0.05) is 54.1 Å². The van der Waals surface area contributed by atoms with E-state index in [0.29, 0.717) is 6.54 Å². The van der Waals surface area contributed by atoms with E-state index in [2.05, 4.69) is 5.32 Å². The van der Waals surface area contributed by atoms with Crippen LogP contribution in [0, 0.1) is 13.8 Å². The summed E-state index contributed by atoms with van der Waals surface area (Å²) in [4.78, 5) is 24.0. The van der Waals surface area contributed by atoms with Gasteiger partial charge in [-0.3, -0.25) is 9.59 Å². The highest BCUT2D eigenvalue weighted by Crippen LogP contribution is 2.09. The average Bonchev–Trinajstić information content (AvgIpc) is 2.56. The van der Waals surface area contributed by atoms with Gasteiger partial charge in [0.25, 0.3) is 5.91 Å². The fourth-order valence-corrected chi connectivity index (χ4v) is 2.30. The van der Waals surface area contributed by atoms with Gasteiger partial charge in [0.2, 0.25) is 0 Å². The maximum absolute atomic E-state index is 12.0. The maximum Gasteiger partial charge on any atom is 0.311 e. The second-order valence-electron chi connectivity index (χ2n) is 5.94. The fourth-order valence-electron chi connectivity index (χ4n) is 2.30. The van der Waals surface area contributed by atoms with Crippen molar-refractivity contribution in [1.29, 1.82) is 0 Å². The number of esters is 1. The normalized spacial score (nSPS) is 11.6. The number of ether oxygens (including phenoxy) is 1. The van der Waals surface area contributed by atoms with Crippen molar-refractivity contribution in [3.05, 3.63) is 70.8 Å². The van der Waals surface area contributed by atoms with Crippen LogP contribution < -0.4 is 5.32 Å². The maximum atomic E-state index is 12.0. The molecular weight excluding hydrogens is 302 g/mol. The first-order valence-electron chi connectivity index (χ1n) is 8.03. The topological polar surface area (TPSA) is 55.4 Å². The quantitative estimate of drug-likeness (QED) is 0.830. The molecule has 2 aromatic carbocycles. The predicted molar refractivity (Wildman–Crippen MR) is 93.5 cm³/mol. The molecule has 0 bridgehead atoms. The molecule has 0 aliphatic carbocycles. The Bertz CT molecular complexity index is 707. The van der Waals surface area contributed by atoms with Gasteiger partial charge in [-0.05, 0) is 37.5 Å². The Morgan fingerprint density at radius 3 is 2.38 bits per heavy atom. The number of nitrogens with one attached hydrogen (secondary N) is 1. The van der Waals surface area contributed by atoms with Crippen molar-refractivity contribution in [3.8, 4) is 0 Å². The van der Waals surface area contributed by atoms with Gasteiger partial charge in [-0.25, -0.2) is 0 Å². The van der Waals surface area contributed by atoms with Crippen LogP contribution in [0.25, 0.3) is 0 Å². The zero-order valence-electron chi connectivity index (χ0n) is 14.3. The van der Waals surface area contributed by atoms with E-state index in [4.69, 9.17) is 4.74 Å². The summed E-state index contributed by atoms with van der Waals surface area (Å²) in [7, 11) is 0. The first kappa shape index (κ1) is 17.7. The first-order valence-corrected chi connectivity index (χ1v) is 8.03. The molecule has 24 heavy (non-hydrogen) atoms. The monoisotopic (exact) mass is 325 g/mol. The van der Waals surface area contributed by atoms with Gasteiger partial charge in [0.15, 0.2) is 6.10 Å². The molecule has 0 unspecified atom stereocenters. The minimum atomic E-state index is -0.813.